The minimum absolute atomic E-state index is 0.0463. The van der Waals surface area contributed by atoms with Crippen molar-refractivity contribution in [2.45, 2.75) is 44.0 Å². The Morgan fingerprint density at radius 2 is 2.00 bits per heavy atom. The average Bonchev–Trinajstić information content (AvgIpc) is 2.53. The quantitative estimate of drug-likeness (QED) is 0.858. The Balaban J connectivity index is 1.86. The maximum absolute atomic E-state index is 12.6. The second kappa shape index (κ2) is 5.99. The monoisotopic (exact) mass is 330 g/mol. The molecule has 3 rings (SSSR count). The van der Waals surface area contributed by atoms with Crippen molar-refractivity contribution in [3.63, 3.8) is 0 Å². The van der Waals surface area contributed by atoms with Gasteiger partial charge in [-0.25, -0.2) is 0 Å². The Labute approximate surface area is 130 Å². The number of hydrogen-bond acceptors (Lipinski definition) is 3. The van der Waals surface area contributed by atoms with Gasteiger partial charge in [-0.15, -0.1) is 0 Å². The summed E-state index contributed by atoms with van der Waals surface area (Å²) in [6.07, 6.45) is -1.04. The summed E-state index contributed by atoms with van der Waals surface area (Å²) in [5, 5.41) is 0. The molecule has 126 valence electrons. The Hall–Kier alpha value is -1.83. The molecule has 0 radical (unpaired) electrons. The highest BCUT2D eigenvalue weighted by atomic mass is 19.4. The van der Waals surface area contributed by atoms with Crippen LogP contribution in [0.25, 0.3) is 0 Å². The molecule has 1 aromatic heterocycles. The molecule has 1 aromatic rings. The number of carbonyl (C=O) groups excluding carboxylic acids is 1. The number of hydrogen-bond donors (Lipinski definition) is 1. The number of fused-ring (bicyclic) bond motifs is 1. The van der Waals surface area contributed by atoms with Gasteiger partial charge in [0.2, 0.25) is 0 Å². The van der Waals surface area contributed by atoms with Crippen LogP contribution in [0.2, 0.25) is 0 Å². The molecule has 8 heteroatoms. The van der Waals surface area contributed by atoms with E-state index in [1.165, 1.54) is 0 Å². The molecular formula is C15H17F3N2O3. The van der Waals surface area contributed by atoms with Crippen LogP contribution < -0.4 is 5.56 Å². The minimum Gasteiger partial charge on any atom is -0.374 e. The van der Waals surface area contributed by atoms with E-state index in [2.05, 4.69) is 0 Å². The van der Waals surface area contributed by atoms with Crippen LogP contribution in [-0.2, 0) is 10.9 Å². The number of amides is 1. The number of alkyl halides is 3. The van der Waals surface area contributed by atoms with Gasteiger partial charge in [-0.05, 0) is 25.0 Å². The Morgan fingerprint density at radius 3 is 2.70 bits per heavy atom. The summed E-state index contributed by atoms with van der Waals surface area (Å²) in [5.74, 6) is -0.528. The summed E-state index contributed by atoms with van der Waals surface area (Å²) in [6, 6.07) is 1.58. The Bertz CT molecular complexity index is 654. The number of nitrogens with zero attached hydrogens (tertiary/aromatic N) is 1. The highest BCUT2D eigenvalue weighted by Gasteiger charge is 2.38. The van der Waals surface area contributed by atoms with Gasteiger partial charge in [-0.2, -0.15) is 13.2 Å². The topological polar surface area (TPSA) is 62.4 Å². The van der Waals surface area contributed by atoms with Crippen LogP contribution in [-0.4, -0.2) is 41.1 Å². The summed E-state index contributed by atoms with van der Waals surface area (Å²) >= 11 is 0. The van der Waals surface area contributed by atoms with Crippen molar-refractivity contribution in [2.75, 3.05) is 13.2 Å². The smallest absolute Gasteiger partial charge is 0.374 e. The maximum atomic E-state index is 12.6. The number of rotatable bonds is 1. The lowest BCUT2D eigenvalue weighted by Gasteiger charge is -2.43. The average molecular weight is 330 g/mol. The summed E-state index contributed by atoms with van der Waals surface area (Å²) in [5.41, 5.74) is -2.43. The third-order valence-corrected chi connectivity index (χ3v) is 4.44. The molecule has 0 spiro atoms. The molecule has 1 saturated carbocycles. The molecule has 1 amide bonds. The van der Waals surface area contributed by atoms with Gasteiger partial charge >= 0.3 is 6.18 Å². The Morgan fingerprint density at radius 1 is 1.26 bits per heavy atom. The second-order valence-corrected chi connectivity index (χ2v) is 5.87. The lowest BCUT2D eigenvalue weighted by Crippen LogP contribution is -2.55. The summed E-state index contributed by atoms with van der Waals surface area (Å²) in [6.45, 7) is 0.728. The molecule has 1 aliphatic heterocycles. The van der Waals surface area contributed by atoms with Crippen LogP contribution in [0.1, 0.15) is 41.7 Å². The maximum Gasteiger partial charge on any atom is 0.431 e. The third kappa shape index (κ3) is 3.12. The van der Waals surface area contributed by atoms with Crippen molar-refractivity contribution in [1.29, 1.82) is 0 Å². The molecular weight excluding hydrogens is 313 g/mol. The number of aromatic nitrogens is 1. The van der Waals surface area contributed by atoms with Gasteiger partial charge in [0, 0.05) is 6.54 Å². The number of morpholine rings is 1. The molecule has 1 N–H and O–H groups in total. The van der Waals surface area contributed by atoms with Gasteiger partial charge in [-0.3, -0.25) is 9.59 Å². The van der Waals surface area contributed by atoms with Crippen molar-refractivity contribution >= 4 is 5.91 Å². The zero-order valence-electron chi connectivity index (χ0n) is 12.4. The van der Waals surface area contributed by atoms with Crippen molar-refractivity contribution in [3.8, 4) is 0 Å². The van der Waals surface area contributed by atoms with E-state index >= 15 is 0 Å². The number of aromatic amines is 1. The van der Waals surface area contributed by atoms with Crippen LogP contribution in [0.5, 0.6) is 0 Å². The number of nitrogens with one attached hydrogen (secondary N) is 1. The number of halogens is 3. The molecule has 23 heavy (non-hydrogen) atoms. The van der Waals surface area contributed by atoms with Crippen LogP contribution in [0, 0.1) is 0 Å². The van der Waals surface area contributed by atoms with E-state index in [1.807, 2.05) is 0 Å². The lowest BCUT2D eigenvalue weighted by atomic mass is 9.90. The number of H-pyrrole nitrogens is 1. The first kappa shape index (κ1) is 16.0. The number of carbonyl (C=O) groups is 1. The van der Waals surface area contributed by atoms with Gasteiger partial charge in [-0.1, -0.05) is 12.8 Å². The van der Waals surface area contributed by atoms with Crippen LogP contribution in [0.3, 0.4) is 0 Å². The molecule has 0 unspecified atom stereocenters. The first-order valence-corrected chi connectivity index (χ1v) is 7.61. The van der Waals surface area contributed by atoms with Gasteiger partial charge < -0.3 is 14.6 Å². The van der Waals surface area contributed by atoms with Crippen molar-refractivity contribution in [1.82, 2.24) is 9.88 Å². The SMILES string of the molecule is O=C(c1ccc(C(F)(F)F)[nH]c1=O)N1CCO[C@@H]2CCCC[C@@H]21. The van der Waals surface area contributed by atoms with Gasteiger partial charge in [0.1, 0.15) is 11.3 Å². The van der Waals surface area contributed by atoms with Gasteiger partial charge in [0.05, 0.1) is 18.8 Å². The van der Waals surface area contributed by atoms with E-state index in [4.69, 9.17) is 4.74 Å². The van der Waals surface area contributed by atoms with E-state index in [9.17, 15) is 22.8 Å². The first-order chi connectivity index (χ1) is 10.9. The molecule has 5 nitrogen and oxygen atoms in total. The van der Waals surface area contributed by atoms with Crippen molar-refractivity contribution < 1.29 is 22.7 Å². The van der Waals surface area contributed by atoms with Crippen LogP contribution >= 0.6 is 0 Å². The fourth-order valence-corrected chi connectivity index (χ4v) is 3.31. The second-order valence-electron chi connectivity index (χ2n) is 5.87. The van der Waals surface area contributed by atoms with Gasteiger partial charge in [0.25, 0.3) is 11.5 Å². The van der Waals surface area contributed by atoms with Crippen molar-refractivity contribution in [2.24, 2.45) is 0 Å². The summed E-state index contributed by atoms with van der Waals surface area (Å²) < 4.78 is 43.4. The minimum atomic E-state index is -4.64. The zero-order valence-corrected chi connectivity index (χ0v) is 12.4. The first-order valence-electron chi connectivity index (χ1n) is 7.61. The fourth-order valence-electron chi connectivity index (χ4n) is 3.31. The van der Waals surface area contributed by atoms with Crippen LogP contribution in [0.4, 0.5) is 13.2 Å². The molecule has 1 aliphatic carbocycles. The van der Waals surface area contributed by atoms with Crippen molar-refractivity contribution in [3.05, 3.63) is 33.7 Å². The fraction of sp³-hybridized carbons (Fsp3) is 0.600. The van der Waals surface area contributed by atoms with Gasteiger partial charge in [0.15, 0.2) is 0 Å². The molecule has 2 fully saturated rings. The largest absolute Gasteiger partial charge is 0.431 e. The predicted octanol–water partition coefficient (Wildman–Crippen LogP) is 2.18. The molecule has 1 saturated heterocycles. The number of ether oxygens (including phenoxy) is 1. The zero-order chi connectivity index (χ0) is 16.6. The van der Waals surface area contributed by atoms with E-state index in [1.54, 1.807) is 9.88 Å². The molecule has 0 aromatic carbocycles. The molecule has 2 atom stereocenters. The lowest BCUT2D eigenvalue weighted by molar-refractivity contribution is -0.141. The molecule has 2 heterocycles. The van der Waals surface area contributed by atoms with E-state index < -0.39 is 23.3 Å². The molecule has 0 bridgehead atoms. The normalized spacial score (nSPS) is 25.1. The highest BCUT2D eigenvalue weighted by Crippen LogP contribution is 2.30. The third-order valence-electron chi connectivity index (χ3n) is 4.44. The summed E-state index contributed by atoms with van der Waals surface area (Å²) in [7, 11) is 0. The van der Waals surface area contributed by atoms with E-state index in [0.29, 0.717) is 13.2 Å². The number of pyridine rings is 1. The van der Waals surface area contributed by atoms with E-state index in [0.717, 1.165) is 37.8 Å². The van der Waals surface area contributed by atoms with E-state index in [-0.39, 0.29) is 17.7 Å². The molecule has 2 aliphatic rings. The standard InChI is InChI=1S/C15H17F3N2O3/c16-15(17,18)12-6-5-9(13(21)19-12)14(22)20-7-8-23-11-4-2-1-3-10(11)20/h5-6,10-11H,1-4,7-8H2,(H,19,21)/t10-,11+/m0/s1. The van der Waals surface area contributed by atoms with Crippen LogP contribution in [0.15, 0.2) is 16.9 Å². The highest BCUT2D eigenvalue weighted by molar-refractivity contribution is 5.94. The Kier molecular flexibility index (Phi) is 4.18. The predicted molar refractivity (Wildman–Crippen MR) is 75.1 cm³/mol. The summed E-state index contributed by atoms with van der Waals surface area (Å²) in [4.78, 5) is 27.8.